The number of alkyl halides is 1. The summed E-state index contributed by atoms with van der Waals surface area (Å²) >= 11 is 0. The maximum absolute atomic E-state index is 17.0. The first-order chi connectivity index (χ1) is 13.0. The lowest BCUT2D eigenvalue weighted by Crippen LogP contribution is -2.69. The second-order valence-electron chi connectivity index (χ2n) is 9.97. The summed E-state index contributed by atoms with van der Waals surface area (Å²) < 4.78 is 17.0. The van der Waals surface area contributed by atoms with E-state index in [0.717, 1.165) is 5.57 Å². The van der Waals surface area contributed by atoms with Crippen LogP contribution in [-0.2, 0) is 9.59 Å². The lowest BCUT2D eigenvalue weighted by Gasteiger charge is -2.63. The summed E-state index contributed by atoms with van der Waals surface area (Å²) in [4.78, 5) is 24.6. The summed E-state index contributed by atoms with van der Waals surface area (Å²) in [5.74, 6) is -1.02. The summed E-state index contributed by atoms with van der Waals surface area (Å²) in [5, 5.41) is 22.5. The van der Waals surface area contributed by atoms with Crippen molar-refractivity contribution < 1.29 is 24.2 Å². The fraction of sp³-hybridized carbons (Fsp3) is 0.739. The minimum absolute atomic E-state index is 0.00195. The van der Waals surface area contributed by atoms with Crippen LogP contribution in [0.25, 0.3) is 0 Å². The summed E-state index contributed by atoms with van der Waals surface area (Å²) in [6, 6.07) is 0. The van der Waals surface area contributed by atoms with E-state index in [1.165, 1.54) is 12.2 Å². The highest BCUT2D eigenvalue weighted by Gasteiger charge is 2.74. The van der Waals surface area contributed by atoms with Gasteiger partial charge in [-0.25, -0.2) is 4.39 Å². The largest absolute Gasteiger partial charge is 0.390 e. The van der Waals surface area contributed by atoms with E-state index in [4.69, 9.17) is 0 Å². The number of fused-ring (bicyclic) bond motifs is 5. The van der Waals surface area contributed by atoms with Crippen LogP contribution >= 0.6 is 0 Å². The third-order valence-corrected chi connectivity index (χ3v) is 8.90. The Labute approximate surface area is 165 Å². The van der Waals surface area contributed by atoms with Gasteiger partial charge in [-0.05, 0) is 56.6 Å². The monoisotopic (exact) mass is 390 g/mol. The fourth-order valence-electron chi connectivity index (χ4n) is 7.36. The first-order valence-corrected chi connectivity index (χ1v) is 10.5. The number of carbonyl (C=O) groups is 2. The van der Waals surface area contributed by atoms with Crippen molar-refractivity contribution in [3.8, 4) is 0 Å². The Morgan fingerprint density at radius 2 is 2.00 bits per heavy atom. The van der Waals surface area contributed by atoms with Crippen LogP contribution < -0.4 is 0 Å². The Kier molecular flexibility index (Phi) is 4.17. The van der Waals surface area contributed by atoms with Crippen LogP contribution in [0.2, 0.25) is 0 Å². The van der Waals surface area contributed by atoms with Crippen molar-refractivity contribution in [1.29, 1.82) is 0 Å². The molecule has 0 heterocycles. The van der Waals surface area contributed by atoms with Crippen LogP contribution in [0.15, 0.2) is 23.8 Å². The van der Waals surface area contributed by atoms with E-state index in [1.54, 1.807) is 19.9 Å². The van der Waals surface area contributed by atoms with Gasteiger partial charge < -0.3 is 10.2 Å². The molecule has 28 heavy (non-hydrogen) atoms. The molecule has 4 nitrogen and oxygen atoms in total. The van der Waals surface area contributed by atoms with Gasteiger partial charge in [-0.2, -0.15) is 0 Å². The number of halogens is 1. The highest BCUT2D eigenvalue weighted by molar-refractivity contribution is 6.01. The van der Waals surface area contributed by atoms with Gasteiger partial charge in [0.15, 0.2) is 17.2 Å². The molecule has 0 aromatic rings. The van der Waals surface area contributed by atoms with E-state index in [0.29, 0.717) is 19.3 Å². The Bertz CT molecular complexity index is 802. The van der Waals surface area contributed by atoms with Crippen molar-refractivity contribution in [2.24, 2.45) is 28.6 Å². The number of carbonyl (C=O) groups excluding carboxylic acids is 2. The smallest absolute Gasteiger partial charge is 0.178 e. The van der Waals surface area contributed by atoms with Crippen molar-refractivity contribution in [3.05, 3.63) is 23.8 Å². The van der Waals surface area contributed by atoms with E-state index in [2.05, 4.69) is 0 Å². The summed E-state index contributed by atoms with van der Waals surface area (Å²) in [6.45, 7) is 7.39. The second-order valence-corrected chi connectivity index (χ2v) is 9.97. The van der Waals surface area contributed by atoms with Crippen LogP contribution in [0.1, 0.15) is 59.8 Å². The molecule has 0 radical (unpaired) electrons. The van der Waals surface area contributed by atoms with E-state index in [1.807, 2.05) is 13.8 Å². The van der Waals surface area contributed by atoms with Crippen molar-refractivity contribution in [3.63, 3.8) is 0 Å². The Balaban J connectivity index is 1.84. The number of aliphatic hydroxyl groups is 2. The molecule has 0 aromatic heterocycles. The molecule has 8 unspecified atom stereocenters. The number of rotatable bonds is 2. The van der Waals surface area contributed by atoms with Gasteiger partial charge >= 0.3 is 0 Å². The predicted molar refractivity (Wildman–Crippen MR) is 103 cm³/mol. The number of allylic oxidation sites excluding steroid dienone is 4. The molecule has 0 aliphatic heterocycles. The maximum Gasteiger partial charge on any atom is 0.178 e. The topological polar surface area (TPSA) is 74.6 Å². The predicted octanol–water partition coefficient (Wildman–Crippen LogP) is 3.31. The third kappa shape index (κ3) is 2.07. The maximum atomic E-state index is 17.0. The molecule has 4 aliphatic rings. The Hall–Kier alpha value is -1.33. The molecular weight excluding hydrogens is 359 g/mol. The van der Waals surface area contributed by atoms with Gasteiger partial charge in [-0.1, -0.05) is 32.4 Å². The van der Waals surface area contributed by atoms with Crippen LogP contribution in [-0.4, -0.2) is 39.2 Å². The van der Waals surface area contributed by atoms with Gasteiger partial charge in [0.25, 0.3) is 0 Å². The molecule has 0 saturated heterocycles. The van der Waals surface area contributed by atoms with E-state index >= 15 is 4.39 Å². The molecule has 2 N–H and O–H groups in total. The molecule has 3 fully saturated rings. The average Bonchev–Trinajstić information content (AvgIpc) is 2.91. The first-order valence-electron chi connectivity index (χ1n) is 10.5. The third-order valence-electron chi connectivity index (χ3n) is 8.90. The standard InChI is InChI=1S/C23H31FO4/c1-5-18(26)22(28)9-7-15-17-10-13(2)16-11-14(25)6-8-20(16,3)23(17,24)19(27)12-21(15,22)4/h6,8,11,13,15,17,19,27-28H,5,7,9-10,12H2,1-4H3. The van der Waals surface area contributed by atoms with Gasteiger partial charge in [-0.15, -0.1) is 0 Å². The lowest BCUT2D eigenvalue weighted by molar-refractivity contribution is -0.220. The number of hydrogen-bond donors (Lipinski definition) is 2. The van der Waals surface area contributed by atoms with Crippen molar-refractivity contribution in [2.45, 2.75) is 77.2 Å². The molecule has 8 atom stereocenters. The van der Waals surface area contributed by atoms with Gasteiger partial charge in [0, 0.05) is 23.2 Å². The lowest BCUT2D eigenvalue weighted by atomic mass is 9.43. The van der Waals surface area contributed by atoms with Crippen LogP contribution in [0.5, 0.6) is 0 Å². The van der Waals surface area contributed by atoms with Crippen molar-refractivity contribution >= 4 is 11.6 Å². The SMILES string of the molecule is CCC(=O)C1(O)CCC2C3CC(C)C4=CC(=O)C=CC4(C)C3(F)C(O)CC21C. The highest BCUT2D eigenvalue weighted by Crippen LogP contribution is 2.70. The zero-order valence-corrected chi connectivity index (χ0v) is 17.2. The minimum Gasteiger partial charge on any atom is -0.390 e. The molecule has 0 spiro atoms. The zero-order valence-electron chi connectivity index (χ0n) is 17.2. The van der Waals surface area contributed by atoms with Gasteiger partial charge in [0.05, 0.1) is 6.10 Å². The average molecular weight is 390 g/mol. The Morgan fingerprint density at radius 1 is 1.32 bits per heavy atom. The summed E-state index contributed by atoms with van der Waals surface area (Å²) in [6.07, 6.45) is 4.95. The Morgan fingerprint density at radius 3 is 2.64 bits per heavy atom. The van der Waals surface area contributed by atoms with E-state index < -0.39 is 34.1 Å². The van der Waals surface area contributed by atoms with E-state index in [9.17, 15) is 19.8 Å². The molecule has 3 saturated carbocycles. The number of hydrogen-bond acceptors (Lipinski definition) is 4. The normalized spacial score (nSPS) is 52.5. The van der Waals surface area contributed by atoms with Gasteiger partial charge in [0.2, 0.25) is 0 Å². The number of aliphatic hydroxyl groups excluding tert-OH is 1. The highest BCUT2D eigenvalue weighted by atomic mass is 19.1. The molecule has 4 rings (SSSR count). The molecular formula is C23H31FO4. The molecule has 5 heteroatoms. The summed E-state index contributed by atoms with van der Waals surface area (Å²) in [5.41, 5.74) is -4.58. The molecule has 154 valence electrons. The first kappa shape index (κ1) is 20.0. The van der Waals surface area contributed by atoms with Crippen LogP contribution in [0.4, 0.5) is 4.39 Å². The molecule has 0 aromatic carbocycles. The second kappa shape index (κ2) is 5.85. The quantitative estimate of drug-likeness (QED) is 0.759. The van der Waals surface area contributed by atoms with Crippen molar-refractivity contribution in [2.75, 3.05) is 0 Å². The van der Waals surface area contributed by atoms with Gasteiger partial charge in [0.1, 0.15) is 5.60 Å². The van der Waals surface area contributed by atoms with Crippen LogP contribution in [0.3, 0.4) is 0 Å². The van der Waals surface area contributed by atoms with E-state index in [-0.39, 0.29) is 36.2 Å². The summed E-state index contributed by atoms with van der Waals surface area (Å²) in [7, 11) is 0. The number of Topliss-reactive ketones (excluding diaryl/α,β-unsaturated/α-hetero) is 1. The van der Waals surface area contributed by atoms with Gasteiger partial charge in [-0.3, -0.25) is 9.59 Å². The number of ketones is 2. The molecule has 0 amide bonds. The fourth-order valence-corrected chi connectivity index (χ4v) is 7.36. The van der Waals surface area contributed by atoms with Crippen molar-refractivity contribution in [1.82, 2.24) is 0 Å². The molecule has 4 aliphatic carbocycles. The minimum atomic E-state index is -1.92. The molecule has 0 bridgehead atoms. The van der Waals surface area contributed by atoms with Crippen LogP contribution in [0, 0.1) is 28.6 Å². The zero-order chi connectivity index (χ0) is 20.7.